The predicted molar refractivity (Wildman–Crippen MR) is 76.0 cm³/mol. The summed E-state index contributed by atoms with van der Waals surface area (Å²) in [7, 11) is 0. The van der Waals surface area contributed by atoms with Crippen molar-refractivity contribution in [1.82, 2.24) is 0 Å². The quantitative estimate of drug-likeness (QED) is 0.688. The molecule has 18 heavy (non-hydrogen) atoms. The molecule has 0 radical (unpaired) electrons. The van der Waals surface area contributed by atoms with E-state index in [1.54, 1.807) is 12.1 Å². The molecule has 0 amide bonds. The summed E-state index contributed by atoms with van der Waals surface area (Å²) in [4.78, 5) is 12.1. The first-order valence-corrected chi connectivity index (χ1v) is 6.90. The van der Waals surface area contributed by atoms with Crippen LogP contribution in [0, 0.1) is 5.92 Å². The maximum atomic E-state index is 12.1. The highest BCUT2D eigenvalue weighted by atomic mass is 35.5. The average molecular weight is 289 g/mol. The lowest BCUT2D eigenvalue weighted by Crippen LogP contribution is -2.06. The van der Waals surface area contributed by atoms with Crippen LogP contribution < -0.4 is 4.74 Å². The molecule has 1 rings (SSSR count). The van der Waals surface area contributed by atoms with Gasteiger partial charge >= 0.3 is 0 Å². The minimum Gasteiger partial charge on any atom is -0.492 e. The first kappa shape index (κ1) is 15.3. The zero-order valence-electron chi connectivity index (χ0n) is 10.9. The second-order valence-corrected chi connectivity index (χ2v) is 5.15. The first-order valence-electron chi connectivity index (χ1n) is 6.14. The highest BCUT2D eigenvalue weighted by Crippen LogP contribution is 2.32. The molecule has 0 aliphatic carbocycles. The Morgan fingerprint density at radius 1 is 1.28 bits per heavy atom. The molecule has 0 spiro atoms. The molecule has 0 heterocycles. The van der Waals surface area contributed by atoms with Gasteiger partial charge in [-0.25, -0.2) is 0 Å². The van der Waals surface area contributed by atoms with Crippen molar-refractivity contribution in [3.05, 3.63) is 27.7 Å². The molecular weight excluding hydrogens is 271 g/mol. The third-order valence-corrected chi connectivity index (χ3v) is 3.46. The number of hydrogen-bond acceptors (Lipinski definition) is 2. The highest BCUT2D eigenvalue weighted by molar-refractivity contribution is 6.36. The van der Waals surface area contributed by atoms with Crippen molar-refractivity contribution >= 4 is 29.0 Å². The van der Waals surface area contributed by atoms with Crippen LogP contribution in [0.5, 0.6) is 5.75 Å². The van der Waals surface area contributed by atoms with Crippen LogP contribution >= 0.6 is 23.2 Å². The van der Waals surface area contributed by atoms with E-state index in [1.165, 1.54) is 0 Å². The SMILES string of the molecule is CCOc1cc(Cl)c(C(=O)CC(C)CC)cc1Cl. The molecule has 0 saturated heterocycles. The smallest absolute Gasteiger partial charge is 0.164 e. The summed E-state index contributed by atoms with van der Waals surface area (Å²) >= 11 is 12.2. The number of ether oxygens (including phenoxy) is 1. The summed E-state index contributed by atoms with van der Waals surface area (Å²) in [6.45, 7) is 6.48. The van der Waals surface area contributed by atoms with E-state index in [0.29, 0.717) is 40.3 Å². The van der Waals surface area contributed by atoms with Gasteiger partial charge in [-0.1, -0.05) is 43.5 Å². The average Bonchev–Trinajstić information content (AvgIpc) is 2.33. The molecule has 0 saturated carbocycles. The lowest BCUT2D eigenvalue weighted by atomic mass is 9.98. The van der Waals surface area contributed by atoms with E-state index in [4.69, 9.17) is 27.9 Å². The van der Waals surface area contributed by atoms with E-state index in [9.17, 15) is 4.79 Å². The normalized spacial score (nSPS) is 12.3. The van der Waals surface area contributed by atoms with Gasteiger partial charge in [-0.3, -0.25) is 4.79 Å². The maximum Gasteiger partial charge on any atom is 0.164 e. The van der Waals surface area contributed by atoms with Gasteiger partial charge in [0.2, 0.25) is 0 Å². The number of carbonyl (C=O) groups is 1. The summed E-state index contributed by atoms with van der Waals surface area (Å²) in [5, 5.41) is 0.824. The largest absolute Gasteiger partial charge is 0.492 e. The predicted octanol–water partition coefficient (Wildman–Crippen LogP) is 5.01. The Morgan fingerprint density at radius 3 is 2.50 bits per heavy atom. The van der Waals surface area contributed by atoms with Crippen LogP contribution in [0.3, 0.4) is 0 Å². The van der Waals surface area contributed by atoms with E-state index in [-0.39, 0.29) is 5.78 Å². The molecule has 0 N–H and O–H groups in total. The second kappa shape index (κ2) is 7.01. The minimum atomic E-state index is 0.0271. The summed E-state index contributed by atoms with van der Waals surface area (Å²) in [5.41, 5.74) is 0.477. The van der Waals surface area contributed by atoms with Crippen LogP contribution in [0.1, 0.15) is 44.0 Å². The lowest BCUT2D eigenvalue weighted by Gasteiger charge is -2.11. The number of Topliss-reactive ketones (excluding diaryl/α,β-unsaturated/α-hetero) is 1. The van der Waals surface area contributed by atoms with Crippen molar-refractivity contribution < 1.29 is 9.53 Å². The standard InChI is InChI=1S/C14H18Cl2O2/c1-4-9(3)6-13(17)10-7-12(16)14(18-5-2)8-11(10)15/h7-9H,4-6H2,1-3H3. The van der Waals surface area contributed by atoms with E-state index < -0.39 is 0 Å². The summed E-state index contributed by atoms with van der Waals surface area (Å²) in [6.07, 6.45) is 1.45. The van der Waals surface area contributed by atoms with Crippen molar-refractivity contribution in [3.63, 3.8) is 0 Å². The Labute approximate surface area is 118 Å². The Morgan fingerprint density at radius 2 is 1.94 bits per heavy atom. The van der Waals surface area contributed by atoms with Gasteiger partial charge in [0.15, 0.2) is 5.78 Å². The summed E-state index contributed by atoms with van der Waals surface area (Å²) < 4.78 is 5.33. The van der Waals surface area contributed by atoms with E-state index in [2.05, 4.69) is 6.92 Å². The molecule has 0 aliphatic rings. The summed E-state index contributed by atoms with van der Waals surface area (Å²) in [5.74, 6) is 0.891. The molecule has 1 aromatic rings. The second-order valence-electron chi connectivity index (χ2n) is 4.34. The third kappa shape index (κ3) is 3.89. The molecule has 1 atom stereocenters. The van der Waals surface area contributed by atoms with Crippen LogP contribution in [-0.2, 0) is 0 Å². The van der Waals surface area contributed by atoms with Crippen molar-refractivity contribution in [1.29, 1.82) is 0 Å². The molecule has 0 aromatic heterocycles. The number of benzene rings is 1. The van der Waals surface area contributed by atoms with Gasteiger partial charge in [0.1, 0.15) is 5.75 Å². The van der Waals surface area contributed by atoms with E-state index in [1.807, 2.05) is 13.8 Å². The van der Waals surface area contributed by atoms with Gasteiger partial charge in [0.25, 0.3) is 0 Å². The van der Waals surface area contributed by atoms with Crippen molar-refractivity contribution in [2.75, 3.05) is 6.61 Å². The van der Waals surface area contributed by atoms with Gasteiger partial charge in [0.05, 0.1) is 16.7 Å². The number of hydrogen-bond donors (Lipinski definition) is 0. The molecule has 2 nitrogen and oxygen atoms in total. The zero-order valence-corrected chi connectivity index (χ0v) is 12.4. The molecule has 100 valence electrons. The zero-order chi connectivity index (χ0) is 13.7. The fraction of sp³-hybridized carbons (Fsp3) is 0.500. The summed E-state index contributed by atoms with van der Waals surface area (Å²) in [6, 6.07) is 3.21. The number of ketones is 1. The number of rotatable bonds is 6. The monoisotopic (exact) mass is 288 g/mol. The Hall–Kier alpha value is -0.730. The Balaban J connectivity index is 2.96. The van der Waals surface area contributed by atoms with Gasteiger partial charge in [-0.05, 0) is 18.9 Å². The van der Waals surface area contributed by atoms with Crippen LogP contribution in [0.2, 0.25) is 10.0 Å². The van der Waals surface area contributed by atoms with Gasteiger partial charge < -0.3 is 4.74 Å². The molecule has 1 aromatic carbocycles. The topological polar surface area (TPSA) is 26.3 Å². The van der Waals surface area contributed by atoms with Crippen LogP contribution in [0.15, 0.2) is 12.1 Å². The van der Waals surface area contributed by atoms with Crippen LogP contribution in [0.25, 0.3) is 0 Å². The molecule has 0 fully saturated rings. The van der Waals surface area contributed by atoms with Gasteiger partial charge in [0, 0.05) is 18.1 Å². The maximum absolute atomic E-state index is 12.1. The van der Waals surface area contributed by atoms with Crippen molar-refractivity contribution in [3.8, 4) is 5.75 Å². The van der Waals surface area contributed by atoms with E-state index >= 15 is 0 Å². The Bertz CT molecular complexity index is 430. The fourth-order valence-corrected chi connectivity index (χ4v) is 2.06. The van der Waals surface area contributed by atoms with Crippen LogP contribution in [-0.4, -0.2) is 12.4 Å². The van der Waals surface area contributed by atoms with Crippen molar-refractivity contribution in [2.45, 2.75) is 33.6 Å². The van der Waals surface area contributed by atoms with Crippen molar-refractivity contribution in [2.24, 2.45) is 5.92 Å². The minimum absolute atomic E-state index is 0.0271. The molecule has 0 bridgehead atoms. The molecule has 1 unspecified atom stereocenters. The third-order valence-electron chi connectivity index (χ3n) is 2.85. The fourth-order valence-electron chi connectivity index (χ4n) is 1.58. The molecule has 0 aliphatic heterocycles. The van der Waals surface area contributed by atoms with Gasteiger partial charge in [-0.2, -0.15) is 0 Å². The Kier molecular flexibility index (Phi) is 5.97. The highest BCUT2D eigenvalue weighted by Gasteiger charge is 2.16. The van der Waals surface area contributed by atoms with Gasteiger partial charge in [-0.15, -0.1) is 0 Å². The lowest BCUT2D eigenvalue weighted by molar-refractivity contribution is 0.0964. The first-order chi connectivity index (χ1) is 8.49. The van der Waals surface area contributed by atoms with E-state index in [0.717, 1.165) is 6.42 Å². The van der Waals surface area contributed by atoms with Crippen LogP contribution in [0.4, 0.5) is 0 Å². The number of carbonyl (C=O) groups excluding carboxylic acids is 1. The molecular formula is C14H18Cl2O2. The number of halogens is 2. The molecule has 4 heteroatoms.